The van der Waals surface area contributed by atoms with Gasteiger partial charge < -0.3 is 0 Å². The summed E-state index contributed by atoms with van der Waals surface area (Å²) in [5, 5.41) is 4.67. The highest BCUT2D eigenvalue weighted by Gasteiger charge is 2.25. The van der Waals surface area contributed by atoms with Crippen molar-refractivity contribution in [1.29, 1.82) is 0 Å². The minimum atomic E-state index is -0.315. The summed E-state index contributed by atoms with van der Waals surface area (Å²) in [7, 11) is 3.53. The first-order valence-electron chi connectivity index (χ1n) is 9.43. The first-order chi connectivity index (χ1) is 14.5. The van der Waals surface area contributed by atoms with Crippen molar-refractivity contribution in [1.82, 2.24) is 19.7 Å². The molecule has 30 heavy (non-hydrogen) atoms. The Bertz CT molecular complexity index is 1160. The number of benzene rings is 1. The third-order valence-electron chi connectivity index (χ3n) is 4.90. The average Bonchev–Trinajstić information content (AvgIpc) is 3.12. The Hall–Kier alpha value is -3.87. The van der Waals surface area contributed by atoms with Crippen LogP contribution >= 0.6 is 0 Å². The van der Waals surface area contributed by atoms with Gasteiger partial charge >= 0.3 is 0 Å². The summed E-state index contributed by atoms with van der Waals surface area (Å²) in [6.07, 6.45) is 6.97. The largest absolute Gasteiger partial charge is 0.299 e. The molecule has 0 aliphatic carbocycles. The molecule has 0 fully saturated rings. The second kappa shape index (κ2) is 8.24. The van der Waals surface area contributed by atoms with Gasteiger partial charge in [-0.25, -0.2) is 4.39 Å². The van der Waals surface area contributed by atoms with Crippen molar-refractivity contribution in [2.24, 2.45) is 7.05 Å². The van der Waals surface area contributed by atoms with Gasteiger partial charge in [-0.05, 0) is 59.7 Å². The van der Waals surface area contributed by atoms with Crippen LogP contribution in [0.4, 0.5) is 10.2 Å². The summed E-state index contributed by atoms with van der Waals surface area (Å²) in [5.74, 6) is 0.259. The van der Waals surface area contributed by atoms with Crippen molar-refractivity contribution in [3.63, 3.8) is 0 Å². The van der Waals surface area contributed by atoms with Gasteiger partial charge in [0.25, 0.3) is 0 Å². The smallest absolute Gasteiger partial charge is 0.232 e. The molecule has 7 heteroatoms. The molecule has 0 N–H and O–H groups in total. The van der Waals surface area contributed by atoms with Crippen LogP contribution in [0, 0.1) is 5.82 Å². The number of likely N-dealkylation sites (N-methyl/N-ethyl adjacent to an activating group) is 1. The van der Waals surface area contributed by atoms with E-state index in [9.17, 15) is 9.18 Å². The van der Waals surface area contributed by atoms with Gasteiger partial charge in [0.05, 0.1) is 12.0 Å². The molecule has 4 aromatic rings. The Morgan fingerprint density at radius 2 is 1.53 bits per heavy atom. The molecule has 0 unspecified atom stereocenters. The number of rotatable bonds is 5. The fraction of sp³-hybridized carbons (Fsp3) is 0.130. The number of pyridine rings is 2. The molecule has 0 atom stereocenters. The summed E-state index contributed by atoms with van der Waals surface area (Å²) in [6.45, 7) is 0. The fourth-order valence-corrected chi connectivity index (χ4v) is 3.41. The Balaban J connectivity index is 1.81. The molecule has 6 nitrogen and oxygen atoms in total. The van der Waals surface area contributed by atoms with Gasteiger partial charge in [-0.2, -0.15) is 5.10 Å². The molecule has 0 saturated carbocycles. The second-order valence-electron chi connectivity index (χ2n) is 6.90. The third-order valence-corrected chi connectivity index (χ3v) is 4.90. The van der Waals surface area contributed by atoms with E-state index in [1.807, 2.05) is 24.3 Å². The predicted octanol–water partition coefficient (Wildman–Crippen LogP) is 3.89. The second-order valence-corrected chi connectivity index (χ2v) is 6.90. The number of aryl methyl sites for hydroxylation is 1. The lowest BCUT2D eigenvalue weighted by Crippen LogP contribution is -2.30. The Morgan fingerprint density at radius 3 is 2.17 bits per heavy atom. The predicted molar refractivity (Wildman–Crippen MR) is 113 cm³/mol. The number of carbonyl (C=O) groups is 1. The number of aromatic nitrogens is 4. The van der Waals surface area contributed by atoms with Crippen LogP contribution in [0.1, 0.15) is 5.56 Å². The number of carbonyl (C=O) groups excluding carboxylic acids is 1. The van der Waals surface area contributed by atoms with Crippen molar-refractivity contribution < 1.29 is 9.18 Å². The van der Waals surface area contributed by atoms with Crippen LogP contribution < -0.4 is 4.90 Å². The van der Waals surface area contributed by atoms with Crippen LogP contribution in [0.2, 0.25) is 0 Å². The molecule has 3 heterocycles. The molecular weight excluding hydrogens is 381 g/mol. The van der Waals surface area contributed by atoms with Gasteiger partial charge in [-0.1, -0.05) is 0 Å². The van der Waals surface area contributed by atoms with E-state index in [0.717, 1.165) is 22.3 Å². The highest BCUT2D eigenvalue weighted by atomic mass is 19.1. The number of hydrogen-bond donors (Lipinski definition) is 0. The molecule has 1 amide bonds. The minimum absolute atomic E-state index is 0.0786. The molecule has 0 radical (unpaired) electrons. The normalized spacial score (nSPS) is 10.8. The SMILES string of the molecule is CN(C(=O)Cc1ccncc1)c1c(-c2ccncc2)c(-c2ccc(F)cc2)nn1C. The standard InChI is InChI=1S/C23H20FN5O/c1-28(20(30)15-16-7-11-25-12-8-16)23-21(17-9-13-26-14-10-17)22(27-29(23)2)18-3-5-19(24)6-4-18/h3-14H,15H2,1-2H3. The molecule has 3 aromatic heterocycles. The summed E-state index contributed by atoms with van der Waals surface area (Å²) in [5.41, 5.74) is 3.98. The molecule has 150 valence electrons. The fourth-order valence-electron chi connectivity index (χ4n) is 3.41. The topological polar surface area (TPSA) is 63.9 Å². The number of anilines is 1. The molecule has 0 saturated heterocycles. The summed E-state index contributed by atoms with van der Waals surface area (Å²) in [4.78, 5) is 22.7. The zero-order valence-electron chi connectivity index (χ0n) is 16.7. The Morgan fingerprint density at radius 1 is 0.933 bits per heavy atom. The highest BCUT2D eigenvalue weighted by Crippen LogP contribution is 2.39. The summed E-state index contributed by atoms with van der Waals surface area (Å²) < 4.78 is 15.1. The van der Waals surface area contributed by atoms with Gasteiger partial charge in [0, 0.05) is 44.4 Å². The van der Waals surface area contributed by atoms with E-state index in [0.29, 0.717) is 11.5 Å². The maximum atomic E-state index is 13.5. The van der Waals surface area contributed by atoms with Crippen LogP contribution in [-0.4, -0.2) is 32.7 Å². The maximum Gasteiger partial charge on any atom is 0.232 e. The van der Waals surface area contributed by atoms with Crippen molar-refractivity contribution in [3.05, 3.63) is 84.7 Å². The lowest BCUT2D eigenvalue weighted by atomic mass is 10.0. The van der Waals surface area contributed by atoms with Crippen LogP contribution in [0.25, 0.3) is 22.4 Å². The first kappa shape index (κ1) is 19.4. The summed E-state index contributed by atoms with van der Waals surface area (Å²) in [6, 6.07) is 13.6. The lowest BCUT2D eigenvalue weighted by molar-refractivity contribution is -0.117. The lowest BCUT2D eigenvalue weighted by Gasteiger charge is -2.19. The Labute approximate surface area is 173 Å². The van der Waals surface area contributed by atoms with Gasteiger partial charge in [0.1, 0.15) is 17.3 Å². The first-order valence-corrected chi connectivity index (χ1v) is 9.43. The zero-order chi connectivity index (χ0) is 21.1. The molecular formula is C23H20FN5O. The number of nitrogens with zero attached hydrogens (tertiary/aromatic N) is 5. The van der Waals surface area contributed by atoms with E-state index >= 15 is 0 Å². The van der Waals surface area contributed by atoms with Gasteiger partial charge in [-0.3, -0.25) is 24.3 Å². The van der Waals surface area contributed by atoms with E-state index in [2.05, 4.69) is 15.1 Å². The van der Waals surface area contributed by atoms with Crippen LogP contribution in [0.5, 0.6) is 0 Å². The van der Waals surface area contributed by atoms with E-state index in [4.69, 9.17) is 0 Å². The van der Waals surface area contributed by atoms with Crippen LogP contribution in [-0.2, 0) is 18.3 Å². The van der Waals surface area contributed by atoms with Gasteiger partial charge in [0.15, 0.2) is 0 Å². The number of halogens is 1. The van der Waals surface area contributed by atoms with E-state index in [-0.39, 0.29) is 18.1 Å². The molecule has 1 aromatic carbocycles. The molecule has 0 bridgehead atoms. The molecule has 0 spiro atoms. The van der Waals surface area contributed by atoms with Gasteiger partial charge in [-0.15, -0.1) is 0 Å². The van der Waals surface area contributed by atoms with Crippen LogP contribution in [0.3, 0.4) is 0 Å². The van der Waals surface area contributed by atoms with Crippen molar-refractivity contribution in [2.75, 3.05) is 11.9 Å². The zero-order valence-corrected chi connectivity index (χ0v) is 16.7. The minimum Gasteiger partial charge on any atom is -0.299 e. The number of amides is 1. The van der Waals surface area contributed by atoms with Crippen molar-refractivity contribution >= 4 is 11.7 Å². The third kappa shape index (κ3) is 3.82. The van der Waals surface area contributed by atoms with E-state index in [1.165, 1.54) is 12.1 Å². The van der Waals surface area contributed by atoms with Gasteiger partial charge in [0.2, 0.25) is 5.91 Å². The molecule has 4 rings (SSSR count). The van der Waals surface area contributed by atoms with Crippen molar-refractivity contribution in [3.8, 4) is 22.4 Å². The highest BCUT2D eigenvalue weighted by molar-refractivity contribution is 6.00. The molecule has 0 aliphatic rings. The quantitative estimate of drug-likeness (QED) is 0.509. The van der Waals surface area contributed by atoms with E-state index in [1.54, 1.807) is 60.6 Å². The Kier molecular flexibility index (Phi) is 5.34. The average molecular weight is 401 g/mol. The summed E-state index contributed by atoms with van der Waals surface area (Å²) >= 11 is 0. The van der Waals surface area contributed by atoms with Crippen LogP contribution in [0.15, 0.2) is 73.3 Å². The molecule has 0 aliphatic heterocycles. The van der Waals surface area contributed by atoms with E-state index < -0.39 is 0 Å². The number of hydrogen-bond acceptors (Lipinski definition) is 4. The maximum absolute atomic E-state index is 13.5. The monoisotopic (exact) mass is 401 g/mol. The van der Waals surface area contributed by atoms with Crippen molar-refractivity contribution in [2.45, 2.75) is 6.42 Å².